The van der Waals surface area contributed by atoms with Gasteiger partial charge in [-0.2, -0.15) is 0 Å². The third-order valence-corrected chi connectivity index (χ3v) is 14.1. The molecular formula is C34H52O4. The predicted octanol–water partition coefficient (Wildman–Crippen LogP) is 7.73. The summed E-state index contributed by atoms with van der Waals surface area (Å²) in [6, 6.07) is 0. The lowest BCUT2D eigenvalue weighted by molar-refractivity contribution is -0.248. The smallest absolute Gasteiger partial charge is 0.302 e. The van der Waals surface area contributed by atoms with Gasteiger partial charge in [-0.15, -0.1) is 0 Å². The summed E-state index contributed by atoms with van der Waals surface area (Å²) in [5.41, 5.74) is 1.49. The summed E-state index contributed by atoms with van der Waals surface area (Å²) < 4.78 is 5.90. The highest BCUT2D eigenvalue weighted by Crippen LogP contribution is 2.77. The number of ether oxygens (including phenoxy) is 1. The summed E-state index contributed by atoms with van der Waals surface area (Å²) >= 11 is 0. The van der Waals surface area contributed by atoms with E-state index in [1.165, 1.54) is 31.3 Å². The molecule has 0 amide bonds. The Kier molecular flexibility index (Phi) is 6.68. The standard InChI is InChI=1S/C34H52O4/c1-21(2)23-11-17-34(27(37)14-20-35)19-18-32(7)24(29(23)34)9-10-26-31(6)15-13-28(38-22(3)36)30(4,5)25(31)12-16-33(26,32)8/h20,23-26,28-29H,1,9-19H2,2-8H3/t23-,24?,25?,26?,28-,29?,31-,32+,33+,34+/m0/s1. The van der Waals surface area contributed by atoms with Crippen LogP contribution in [0, 0.1) is 56.7 Å². The summed E-state index contributed by atoms with van der Waals surface area (Å²) in [5, 5.41) is 0. The van der Waals surface area contributed by atoms with Crippen LogP contribution in [-0.2, 0) is 19.1 Å². The summed E-state index contributed by atoms with van der Waals surface area (Å²) in [6.07, 6.45) is 11.8. The topological polar surface area (TPSA) is 60.4 Å². The molecule has 0 aliphatic heterocycles. The lowest BCUT2D eigenvalue weighted by Gasteiger charge is -2.73. The Bertz CT molecular complexity index is 1030. The maximum absolute atomic E-state index is 13.6. The molecule has 0 N–H and O–H groups in total. The number of aldehydes is 1. The van der Waals surface area contributed by atoms with Crippen LogP contribution in [0.3, 0.4) is 0 Å². The molecule has 5 fully saturated rings. The minimum Gasteiger partial charge on any atom is -0.462 e. The van der Waals surface area contributed by atoms with Gasteiger partial charge in [-0.3, -0.25) is 9.59 Å². The van der Waals surface area contributed by atoms with Crippen molar-refractivity contribution in [1.29, 1.82) is 0 Å². The van der Waals surface area contributed by atoms with Crippen molar-refractivity contribution in [1.82, 2.24) is 0 Å². The number of fused-ring (bicyclic) bond motifs is 7. The average Bonchev–Trinajstić information content (AvgIpc) is 3.23. The van der Waals surface area contributed by atoms with Gasteiger partial charge in [0.15, 0.2) is 0 Å². The number of allylic oxidation sites excluding steroid dienone is 1. The monoisotopic (exact) mass is 524 g/mol. The molecule has 0 bridgehead atoms. The van der Waals surface area contributed by atoms with Gasteiger partial charge in [0.25, 0.3) is 0 Å². The molecule has 5 aliphatic rings. The number of Topliss-reactive ketones (excluding diaryl/α,β-unsaturated/α-hetero) is 1. The van der Waals surface area contributed by atoms with Gasteiger partial charge in [0.2, 0.25) is 0 Å². The first-order valence-corrected chi connectivity index (χ1v) is 15.5. The van der Waals surface area contributed by atoms with Gasteiger partial charge in [0.1, 0.15) is 18.2 Å². The number of hydrogen-bond donors (Lipinski definition) is 0. The molecule has 0 spiro atoms. The predicted molar refractivity (Wildman–Crippen MR) is 150 cm³/mol. The molecule has 10 atom stereocenters. The quantitative estimate of drug-likeness (QED) is 0.160. The first-order chi connectivity index (χ1) is 17.7. The normalized spacial score (nSPS) is 49.0. The molecule has 5 saturated carbocycles. The minimum atomic E-state index is -0.330. The molecule has 4 heteroatoms. The number of esters is 1. The van der Waals surface area contributed by atoms with E-state index in [1.54, 1.807) is 6.92 Å². The maximum atomic E-state index is 13.6. The van der Waals surface area contributed by atoms with Crippen LogP contribution in [0.15, 0.2) is 12.2 Å². The maximum Gasteiger partial charge on any atom is 0.302 e. The largest absolute Gasteiger partial charge is 0.462 e. The Morgan fingerprint density at radius 2 is 1.55 bits per heavy atom. The molecule has 0 aromatic heterocycles. The number of carbonyl (C=O) groups excluding carboxylic acids is 3. The summed E-state index contributed by atoms with van der Waals surface area (Å²) in [5.74, 6) is 2.44. The fourth-order valence-corrected chi connectivity index (χ4v) is 12.3. The van der Waals surface area contributed by atoms with Crippen LogP contribution < -0.4 is 0 Å². The van der Waals surface area contributed by atoms with Gasteiger partial charge in [-0.1, -0.05) is 46.8 Å². The fraction of sp³-hybridized carbons (Fsp3) is 0.853. The second-order valence-corrected chi connectivity index (χ2v) is 15.6. The van der Waals surface area contributed by atoms with Crippen molar-refractivity contribution in [3.63, 3.8) is 0 Å². The van der Waals surface area contributed by atoms with E-state index in [-0.39, 0.29) is 51.4 Å². The van der Waals surface area contributed by atoms with Crippen molar-refractivity contribution in [3.05, 3.63) is 12.2 Å². The van der Waals surface area contributed by atoms with Crippen molar-refractivity contribution in [2.24, 2.45) is 56.7 Å². The van der Waals surface area contributed by atoms with Gasteiger partial charge < -0.3 is 9.53 Å². The molecule has 5 aliphatic carbocycles. The zero-order chi connectivity index (χ0) is 27.9. The van der Waals surface area contributed by atoms with Crippen LogP contribution in [0.1, 0.15) is 119 Å². The van der Waals surface area contributed by atoms with Crippen LogP contribution in [0.25, 0.3) is 0 Å². The second-order valence-electron chi connectivity index (χ2n) is 15.6. The molecule has 0 radical (unpaired) electrons. The Morgan fingerprint density at radius 1 is 0.842 bits per heavy atom. The van der Waals surface area contributed by atoms with Gasteiger partial charge in [0, 0.05) is 17.8 Å². The van der Waals surface area contributed by atoms with E-state index in [9.17, 15) is 14.4 Å². The second kappa shape index (κ2) is 9.03. The molecule has 0 saturated heterocycles. The highest BCUT2D eigenvalue weighted by molar-refractivity contribution is 5.94. The van der Waals surface area contributed by atoms with Crippen molar-refractivity contribution >= 4 is 18.0 Å². The first kappa shape index (κ1) is 28.1. The van der Waals surface area contributed by atoms with Crippen LogP contribution in [0.2, 0.25) is 0 Å². The third kappa shape index (κ3) is 3.56. The van der Waals surface area contributed by atoms with Gasteiger partial charge in [-0.25, -0.2) is 0 Å². The summed E-state index contributed by atoms with van der Waals surface area (Å²) in [7, 11) is 0. The third-order valence-electron chi connectivity index (χ3n) is 14.1. The minimum absolute atomic E-state index is 0.00305. The van der Waals surface area contributed by atoms with Gasteiger partial charge in [-0.05, 0) is 117 Å². The zero-order valence-electron chi connectivity index (χ0n) is 25.2. The molecule has 212 valence electrons. The van der Waals surface area contributed by atoms with Crippen molar-refractivity contribution < 1.29 is 19.1 Å². The lowest BCUT2D eigenvalue weighted by Crippen LogP contribution is -2.67. The van der Waals surface area contributed by atoms with Crippen LogP contribution in [0.4, 0.5) is 0 Å². The molecule has 38 heavy (non-hydrogen) atoms. The Morgan fingerprint density at radius 3 is 2.18 bits per heavy atom. The number of ketones is 1. The SMILES string of the molecule is C=C(C)[C@@H]1CC[C@]2(C(=O)CC=O)CC[C@]3(C)C(CCC4[C@@]5(C)CC[C@H](OC(C)=O)C(C)(C)C5CC[C@]43C)C12. The first-order valence-electron chi connectivity index (χ1n) is 15.5. The number of rotatable bonds is 5. The fourth-order valence-electron chi connectivity index (χ4n) is 12.3. The molecule has 5 rings (SSSR count). The number of carbonyl (C=O) groups is 3. The van der Waals surface area contributed by atoms with Crippen LogP contribution in [-0.4, -0.2) is 24.1 Å². The zero-order valence-corrected chi connectivity index (χ0v) is 25.2. The molecule has 0 heterocycles. The molecule has 4 unspecified atom stereocenters. The molecular weight excluding hydrogens is 472 g/mol. The van der Waals surface area contributed by atoms with Crippen molar-refractivity contribution in [3.8, 4) is 0 Å². The van der Waals surface area contributed by atoms with E-state index in [2.05, 4.69) is 48.1 Å². The average molecular weight is 525 g/mol. The van der Waals surface area contributed by atoms with E-state index in [1.807, 2.05) is 0 Å². The van der Waals surface area contributed by atoms with Crippen molar-refractivity contribution in [2.75, 3.05) is 0 Å². The Labute approximate surface area is 231 Å². The van der Waals surface area contributed by atoms with E-state index >= 15 is 0 Å². The summed E-state index contributed by atoms with van der Waals surface area (Å²) in [4.78, 5) is 37.0. The lowest BCUT2D eigenvalue weighted by atomic mass is 9.32. The van der Waals surface area contributed by atoms with Crippen LogP contribution >= 0.6 is 0 Å². The highest BCUT2D eigenvalue weighted by Gasteiger charge is 2.71. The molecule has 0 aromatic rings. The number of hydrogen-bond acceptors (Lipinski definition) is 4. The van der Waals surface area contributed by atoms with E-state index in [4.69, 9.17) is 4.74 Å². The summed E-state index contributed by atoms with van der Waals surface area (Å²) in [6.45, 7) is 20.6. The van der Waals surface area contributed by atoms with Crippen molar-refractivity contribution in [2.45, 2.75) is 125 Å². The van der Waals surface area contributed by atoms with E-state index in [0.717, 1.165) is 44.8 Å². The molecule has 4 nitrogen and oxygen atoms in total. The Balaban J connectivity index is 1.52. The van der Waals surface area contributed by atoms with Gasteiger partial charge >= 0.3 is 5.97 Å². The van der Waals surface area contributed by atoms with E-state index < -0.39 is 0 Å². The molecule has 0 aromatic carbocycles. The van der Waals surface area contributed by atoms with Crippen LogP contribution in [0.5, 0.6) is 0 Å². The Hall–Kier alpha value is -1.45. The van der Waals surface area contributed by atoms with Gasteiger partial charge in [0.05, 0.1) is 6.42 Å². The van der Waals surface area contributed by atoms with E-state index in [0.29, 0.717) is 29.6 Å². The highest BCUT2D eigenvalue weighted by atomic mass is 16.5.